The molecule has 2 aromatic carbocycles. The predicted octanol–water partition coefficient (Wildman–Crippen LogP) is 3.98. The first-order chi connectivity index (χ1) is 15.2. The third-order valence-electron chi connectivity index (χ3n) is 5.89. The van der Waals surface area contributed by atoms with Crippen molar-refractivity contribution in [1.82, 2.24) is 15.1 Å². The zero-order valence-corrected chi connectivity index (χ0v) is 18.2. The van der Waals surface area contributed by atoms with E-state index in [1.807, 2.05) is 60.7 Å². The van der Waals surface area contributed by atoms with Crippen LogP contribution in [0.4, 0.5) is 0 Å². The number of amides is 1. The summed E-state index contributed by atoms with van der Waals surface area (Å²) < 4.78 is 5.95. The number of nitrogens with zero attached hydrogens (tertiary/aromatic N) is 2. The van der Waals surface area contributed by atoms with Crippen LogP contribution < -0.4 is 5.32 Å². The molecule has 5 heteroatoms. The number of aryl methyl sites for hydroxylation is 1. The van der Waals surface area contributed by atoms with Gasteiger partial charge in [0, 0.05) is 51.1 Å². The number of nitrogens with one attached hydrogen (secondary N) is 1. The van der Waals surface area contributed by atoms with E-state index in [-0.39, 0.29) is 11.9 Å². The third kappa shape index (κ3) is 6.06. The van der Waals surface area contributed by atoms with Crippen LogP contribution in [0.3, 0.4) is 0 Å². The molecule has 1 N–H and O–H groups in total. The van der Waals surface area contributed by atoms with Crippen molar-refractivity contribution in [2.45, 2.75) is 18.9 Å². The Balaban J connectivity index is 1.34. The van der Waals surface area contributed by atoms with Gasteiger partial charge in [-0.2, -0.15) is 0 Å². The van der Waals surface area contributed by atoms with E-state index in [1.54, 1.807) is 0 Å². The zero-order chi connectivity index (χ0) is 21.5. The molecule has 1 amide bonds. The minimum Gasteiger partial charge on any atom is -0.461 e. The lowest BCUT2D eigenvalue weighted by Crippen LogP contribution is -2.47. The third-order valence-corrected chi connectivity index (χ3v) is 5.89. The van der Waals surface area contributed by atoms with Gasteiger partial charge in [0.1, 0.15) is 11.5 Å². The van der Waals surface area contributed by atoms with Crippen molar-refractivity contribution >= 4 is 5.91 Å². The average Bonchev–Trinajstić information content (AvgIpc) is 3.29. The fourth-order valence-corrected chi connectivity index (χ4v) is 3.98. The fourth-order valence-electron chi connectivity index (χ4n) is 3.98. The van der Waals surface area contributed by atoms with Crippen LogP contribution in [0.1, 0.15) is 23.8 Å². The number of hydrogen-bond donors (Lipinski definition) is 1. The standard InChI is InChI=1S/C26H31N3O2/c1-28-16-18-29(19-17-28)20-24(21-8-4-2-5-9-21)27-26(30)15-13-23-12-14-25(31-23)22-10-6-3-7-11-22/h2-12,14,24H,13,15-20H2,1H3,(H,27,30). The van der Waals surface area contributed by atoms with Crippen molar-refractivity contribution in [3.8, 4) is 11.3 Å². The number of furan rings is 1. The fraction of sp³-hybridized carbons (Fsp3) is 0.346. The molecular formula is C26H31N3O2. The Morgan fingerprint density at radius 3 is 2.32 bits per heavy atom. The van der Waals surface area contributed by atoms with Gasteiger partial charge in [-0.05, 0) is 24.7 Å². The molecule has 0 radical (unpaired) electrons. The van der Waals surface area contributed by atoms with Crippen LogP contribution in [0, 0.1) is 0 Å². The molecule has 1 atom stereocenters. The highest BCUT2D eigenvalue weighted by atomic mass is 16.3. The number of benzene rings is 2. The van der Waals surface area contributed by atoms with Crippen LogP contribution in [-0.4, -0.2) is 55.5 Å². The normalized spacial score (nSPS) is 16.2. The Bertz CT molecular complexity index is 947. The van der Waals surface area contributed by atoms with Gasteiger partial charge in [-0.1, -0.05) is 60.7 Å². The minimum atomic E-state index is -0.00594. The second-order valence-corrected chi connectivity index (χ2v) is 8.27. The van der Waals surface area contributed by atoms with E-state index in [0.717, 1.165) is 55.4 Å². The van der Waals surface area contributed by atoms with Crippen LogP contribution in [0.5, 0.6) is 0 Å². The highest BCUT2D eigenvalue weighted by Crippen LogP contribution is 2.22. The van der Waals surface area contributed by atoms with E-state index >= 15 is 0 Å². The number of likely N-dealkylation sites (N-methyl/N-ethyl adjacent to an activating group) is 1. The Kier molecular flexibility index (Phi) is 7.18. The summed E-state index contributed by atoms with van der Waals surface area (Å²) in [6.07, 6.45) is 1.00. The maximum Gasteiger partial charge on any atom is 0.220 e. The summed E-state index contributed by atoms with van der Waals surface area (Å²) in [5.74, 6) is 1.73. The molecule has 3 aromatic rings. The highest BCUT2D eigenvalue weighted by Gasteiger charge is 2.21. The summed E-state index contributed by atoms with van der Waals surface area (Å²) in [6, 6.07) is 24.2. The average molecular weight is 418 g/mol. The highest BCUT2D eigenvalue weighted by molar-refractivity contribution is 5.76. The van der Waals surface area contributed by atoms with Gasteiger partial charge in [-0.15, -0.1) is 0 Å². The van der Waals surface area contributed by atoms with Crippen molar-refractivity contribution in [2.24, 2.45) is 0 Å². The van der Waals surface area contributed by atoms with E-state index in [9.17, 15) is 4.79 Å². The van der Waals surface area contributed by atoms with Crippen LogP contribution in [0.25, 0.3) is 11.3 Å². The maximum atomic E-state index is 12.8. The molecule has 1 unspecified atom stereocenters. The quantitative estimate of drug-likeness (QED) is 0.602. The van der Waals surface area contributed by atoms with Gasteiger partial charge in [-0.25, -0.2) is 0 Å². The van der Waals surface area contributed by atoms with Crippen molar-refractivity contribution in [2.75, 3.05) is 39.8 Å². The summed E-state index contributed by atoms with van der Waals surface area (Å²) in [5.41, 5.74) is 2.20. The van der Waals surface area contributed by atoms with E-state index in [4.69, 9.17) is 4.42 Å². The van der Waals surface area contributed by atoms with E-state index in [2.05, 4.69) is 34.3 Å². The van der Waals surface area contributed by atoms with Gasteiger partial charge < -0.3 is 14.6 Å². The molecule has 0 spiro atoms. The van der Waals surface area contributed by atoms with Crippen molar-refractivity contribution in [1.29, 1.82) is 0 Å². The molecule has 0 aliphatic carbocycles. The second-order valence-electron chi connectivity index (χ2n) is 8.27. The first-order valence-corrected chi connectivity index (χ1v) is 11.1. The van der Waals surface area contributed by atoms with Crippen LogP contribution in [0.15, 0.2) is 77.2 Å². The number of carbonyl (C=O) groups excluding carboxylic acids is 1. The monoisotopic (exact) mass is 417 g/mol. The summed E-state index contributed by atoms with van der Waals surface area (Å²) in [5, 5.41) is 3.26. The van der Waals surface area contributed by atoms with Gasteiger partial charge in [0.15, 0.2) is 0 Å². The molecule has 2 heterocycles. The summed E-state index contributed by atoms with van der Waals surface area (Å²) in [4.78, 5) is 17.6. The Labute approximate surface area is 184 Å². The minimum absolute atomic E-state index is 0.00594. The van der Waals surface area contributed by atoms with E-state index in [1.165, 1.54) is 0 Å². The molecule has 1 fully saturated rings. The topological polar surface area (TPSA) is 48.7 Å². The summed E-state index contributed by atoms with van der Waals surface area (Å²) in [6.45, 7) is 5.03. The first-order valence-electron chi connectivity index (χ1n) is 11.1. The van der Waals surface area contributed by atoms with Gasteiger partial charge in [0.25, 0.3) is 0 Å². The summed E-state index contributed by atoms with van der Waals surface area (Å²) in [7, 11) is 2.16. The molecule has 31 heavy (non-hydrogen) atoms. The predicted molar refractivity (Wildman–Crippen MR) is 124 cm³/mol. The SMILES string of the molecule is CN1CCN(CC(NC(=O)CCc2ccc(-c3ccccc3)o2)c2ccccc2)CC1. The Morgan fingerprint density at radius 2 is 1.61 bits per heavy atom. The molecule has 1 aliphatic rings. The zero-order valence-electron chi connectivity index (χ0n) is 18.2. The molecule has 4 rings (SSSR count). The lowest BCUT2D eigenvalue weighted by molar-refractivity contribution is -0.122. The summed E-state index contributed by atoms with van der Waals surface area (Å²) >= 11 is 0. The molecule has 0 saturated carbocycles. The molecule has 1 aliphatic heterocycles. The Hall–Kier alpha value is -2.89. The van der Waals surface area contributed by atoms with Crippen LogP contribution in [0.2, 0.25) is 0 Å². The molecular weight excluding hydrogens is 386 g/mol. The smallest absolute Gasteiger partial charge is 0.220 e. The van der Waals surface area contributed by atoms with Gasteiger partial charge >= 0.3 is 0 Å². The largest absolute Gasteiger partial charge is 0.461 e. The lowest BCUT2D eigenvalue weighted by Gasteiger charge is -2.35. The van der Waals surface area contributed by atoms with Gasteiger partial charge in [-0.3, -0.25) is 9.69 Å². The number of hydrogen-bond acceptors (Lipinski definition) is 4. The van der Waals surface area contributed by atoms with Gasteiger partial charge in [0.05, 0.1) is 6.04 Å². The second kappa shape index (κ2) is 10.4. The number of piperazine rings is 1. The van der Waals surface area contributed by atoms with Crippen molar-refractivity contribution < 1.29 is 9.21 Å². The van der Waals surface area contributed by atoms with Gasteiger partial charge in [0.2, 0.25) is 5.91 Å². The number of carbonyl (C=O) groups is 1. The van der Waals surface area contributed by atoms with Crippen molar-refractivity contribution in [3.63, 3.8) is 0 Å². The van der Waals surface area contributed by atoms with Crippen LogP contribution in [-0.2, 0) is 11.2 Å². The first kappa shape index (κ1) is 21.3. The van der Waals surface area contributed by atoms with E-state index in [0.29, 0.717) is 12.8 Å². The molecule has 162 valence electrons. The maximum absolute atomic E-state index is 12.8. The lowest BCUT2D eigenvalue weighted by atomic mass is 10.1. The van der Waals surface area contributed by atoms with Crippen molar-refractivity contribution in [3.05, 3.63) is 84.1 Å². The molecule has 1 saturated heterocycles. The molecule has 5 nitrogen and oxygen atoms in total. The van der Waals surface area contributed by atoms with Crippen LogP contribution >= 0.6 is 0 Å². The van der Waals surface area contributed by atoms with E-state index < -0.39 is 0 Å². The molecule has 0 bridgehead atoms. The Morgan fingerprint density at radius 1 is 0.935 bits per heavy atom. The number of rotatable bonds is 8. The molecule has 1 aromatic heterocycles.